The fourth-order valence-corrected chi connectivity index (χ4v) is 7.38. The highest BCUT2D eigenvalue weighted by Crippen LogP contribution is 2.37. The molecule has 0 spiro atoms. The summed E-state index contributed by atoms with van der Waals surface area (Å²) in [7, 11) is -3.97. The lowest BCUT2D eigenvalue weighted by Gasteiger charge is -2.46. The first-order valence-corrected chi connectivity index (χ1v) is 12.9. The number of nitro groups is 1. The predicted octanol–water partition coefficient (Wildman–Crippen LogP) is 3.83. The maximum atomic E-state index is 13.3. The van der Waals surface area contributed by atoms with Gasteiger partial charge in [-0.3, -0.25) is 14.9 Å². The second-order valence-corrected chi connectivity index (χ2v) is 11.1. The van der Waals surface area contributed by atoms with E-state index in [1.165, 1.54) is 42.1 Å². The highest BCUT2D eigenvalue weighted by Gasteiger charge is 2.40. The first kappa shape index (κ1) is 22.5. The lowest BCUT2D eigenvalue weighted by atomic mass is 9.77. The van der Waals surface area contributed by atoms with Crippen LogP contribution < -0.4 is 0 Å². The minimum absolute atomic E-state index is 0.0412. The van der Waals surface area contributed by atoms with Crippen LogP contribution in [0.1, 0.15) is 51.4 Å². The molecule has 1 saturated carbocycles. The molecule has 0 bridgehead atoms. The molecule has 2 aliphatic heterocycles. The number of halogens is 1. The number of carbonyl (C=O) groups excluding carboxylic acids is 1. The molecule has 4 rings (SSSR count). The van der Waals surface area contributed by atoms with E-state index in [1.54, 1.807) is 0 Å². The highest BCUT2D eigenvalue weighted by atomic mass is 35.5. The van der Waals surface area contributed by atoms with Gasteiger partial charge in [-0.05, 0) is 50.5 Å². The number of likely N-dealkylation sites (tertiary alicyclic amines) is 1. The molecule has 10 heteroatoms. The summed E-state index contributed by atoms with van der Waals surface area (Å²) in [5.41, 5.74) is -0.319. The van der Waals surface area contributed by atoms with Crippen LogP contribution in [-0.2, 0) is 14.8 Å². The summed E-state index contributed by atoms with van der Waals surface area (Å²) < 4.78 is 27.4. The van der Waals surface area contributed by atoms with Crippen LogP contribution in [0.15, 0.2) is 23.1 Å². The molecule has 1 aromatic carbocycles. The zero-order chi connectivity index (χ0) is 22.2. The van der Waals surface area contributed by atoms with Crippen molar-refractivity contribution >= 4 is 33.2 Å². The molecular formula is C21H28ClN3O5S. The molecule has 3 aliphatic rings. The highest BCUT2D eigenvalue weighted by molar-refractivity contribution is 7.89. The molecule has 0 aromatic heterocycles. The van der Waals surface area contributed by atoms with Gasteiger partial charge in [-0.15, -0.1) is 0 Å². The number of sulfonamides is 1. The average Bonchev–Trinajstić information content (AvgIpc) is 2.78. The summed E-state index contributed by atoms with van der Waals surface area (Å²) in [6, 6.07) is 3.77. The Hall–Kier alpha value is -1.71. The van der Waals surface area contributed by atoms with Crippen LogP contribution in [0, 0.1) is 22.0 Å². The third-order valence-electron chi connectivity index (χ3n) is 7.07. The molecule has 2 heterocycles. The van der Waals surface area contributed by atoms with E-state index < -0.39 is 14.9 Å². The molecule has 0 N–H and O–H groups in total. The zero-order valence-corrected chi connectivity index (χ0v) is 19.0. The van der Waals surface area contributed by atoms with Gasteiger partial charge < -0.3 is 4.90 Å². The summed E-state index contributed by atoms with van der Waals surface area (Å²) in [6.45, 7) is 1.22. The SMILES string of the molecule is O=C(C1CCN(S(=O)(=O)c2cc([N+](=O)[O-])ccc2Cl)CC1)N1CCCC2CCCCC21. The molecule has 2 atom stereocenters. The molecule has 2 saturated heterocycles. The predicted molar refractivity (Wildman–Crippen MR) is 116 cm³/mol. The molecule has 0 radical (unpaired) electrons. The Morgan fingerprint density at radius 2 is 1.71 bits per heavy atom. The zero-order valence-electron chi connectivity index (χ0n) is 17.4. The van der Waals surface area contributed by atoms with E-state index in [-0.39, 0.29) is 40.5 Å². The van der Waals surface area contributed by atoms with Crippen LogP contribution >= 0.6 is 11.6 Å². The van der Waals surface area contributed by atoms with Crippen LogP contribution in [0.25, 0.3) is 0 Å². The number of carbonyl (C=O) groups is 1. The van der Waals surface area contributed by atoms with Gasteiger partial charge in [0, 0.05) is 43.7 Å². The largest absolute Gasteiger partial charge is 0.339 e. The summed E-state index contributed by atoms with van der Waals surface area (Å²) in [5, 5.41) is 11.0. The molecule has 170 valence electrons. The van der Waals surface area contributed by atoms with Crippen molar-refractivity contribution in [2.75, 3.05) is 19.6 Å². The van der Waals surface area contributed by atoms with Gasteiger partial charge in [0.15, 0.2) is 0 Å². The number of rotatable bonds is 4. The lowest BCUT2D eigenvalue weighted by Crippen LogP contribution is -2.53. The summed E-state index contributed by atoms with van der Waals surface area (Å²) in [4.78, 5) is 25.5. The monoisotopic (exact) mass is 469 g/mol. The Bertz CT molecular complexity index is 960. The summed E-state index contributed by atoms with van der Waals surface area (Å²) in [5.74, 6) is 0.609. The first-order valence-electron chi connectivity index (χ1n) is 11.0. The van der Waals surface area contributed by atoms with Crippen molar-refractivity contribution in [1.82, 2.24) is 9.21 Å². The normalized spacial score (nSPS) is 25.8. The van der Waals surface area contributed by atoms with Crippen molar-refractivity contribution in [2.45, 2.75) is 62.3 Å². The van der Waals surface area contributed by atoms with Crippen LogP contribution in [0.2, 0.25) is 5.02 Å². The third kappa shape index (κ3) is 4.45. The maximum Gasteiger partial charge on any atom is 0.270 e. The number of fused-ring (bicyclic) bond motifs is 1. The van der Waals surface area contributed by atoms with Gasteiger partial charge in [-0.25, -0.2) is 8.42 Å². The fourth-order valence-electron chi connectivity index (χ4n) is 5.42. The number of piperidine rings is 2. The van der Waals surface area contributed by atoms with Gasteiger partial charge in [-0.1, -0.05) is 24.4 Å². The Balaban J connectivity index is 1.44. The van der Waals surface area contributed by atoms with Crippen LogP contribution in [0.5, 0.6) is 0 Å². The number of hydrogen-bond acceptors (Lipinski definition) is 5. The second kappa shape index (κ2) is 9.03. The van der Waals surface area contributed by atoms with E-state index in [1.807, 2.05) is 0 Å². The van der Waals surface area contributed by atoms with Crippen LogP contribution in [0.3, 0.4) is 0 Å². The standard InChI is InChI=1S/C21H28ClN3O5S/c22-18-8-7-17(25(27)28)14-20(18)31(29,30)23-12-9-16(10-13-23)21(26)24-11-3-5-15-4-1-2-6-19(15)24/h7-8,14-16,19H,1-6,9-13H2. The van der Waals surface area contributed by atoms with E-state index in [2.05, 4.69) is 4.90 Å². The van der Waals surface area contributed by atoms with E-state index in [9.17, 15) is 23.3 Å². The van der Waals surface area contributed by atoms with Gasteiger partial charge in [0.25, 0.3) is 5.69 Å². The smallest absolute Gasteiger partial charge is 0.270 e. The summed E-state index contributed by atoms with van der Waals surface area (Å²) >= 11 is 6.06. The molecule has 1 aromatic rings. The van der Waals surface area contributed by atoms with Gasteiger partial charge in [-0.2, -0.15) is 4.31 Å². The van der Waals surface area contributed by atoms with E-state index in [0.29, 0.717) is 24.8 Å². The molecule has 31 heavy (non-hydrogen) atoms. The number of nitrogens with zero attached hydrogens (tertiary/aromatic N) is 3. The topological polar surface area (TPSA) is 101 Å². The minimum Gasteiger partial charge on any atom is -0.339 e. The lowest BCUT2D eigenvalue weighted by molar-refractivity contribution is -0.385. The van der Waals surface area contributed by atoms with Gasteiger partial charge in [0.2, 0.25) is 15.9 Å². The van der Waals surface area contributed by atoms with Crippen LogP contribution in [-0.4, -0.2) is 54.1 Å². The Morgan fingerprint density at radius 1 is 1.03 bits per heavy atom. The van der Waals surface area contributed by atoms with E-state index in [0.717, 1.165) is 25.5 Å². The first-order chi connectivity index (χ1) is 14.8. The Kier molecular flexibility index (Phi) is 6.55. The number of nitro benzene ring substituents is 1. The minimum atomic E-state index is -3.97. The van der Waals surface area contributed by atoms with E-state index in [4.69, 9.17) is 11.6 Å². The Labute approximate surface area is 187 Å². The molecule has 2 unspecified atom stereocenters. The molecule has 8 nitrogen and oxygen atoms in total. The number of hydrogen-bond donors (Lipinski definition) is 0. The number of benzene rings is 1. The van der Waals surface area contributed by atoms with Crippen molar-refractivity contribution in [1.29, 1.82) is 0 Å². The van der Waals surface area contributed by atoms with Gasteiger partial charge >= 0.3 is 0 Å². The fraction of sp³-hybridized carbons (Fsp3) is 0.667. The van der Waals surface area contributed by atoms with Crippen molar-refractivity contribution in [3.05, 3.63) is 33.3 Å². The second-order valence-electron chi connectivity index (χ2n) is 8.84. The van der Waals surface area contributed by atoms with Crippen LogP contribution in [0.4, 0.5) is 5.69 Å². The van der Waals surface area contributed by atoms with Crippen molar-refractivity contribution in [2.24, 2.45) is 11.8 Å². The molecular weight excluding hydrogens is 442 g/mol. The quantitative estimate of drug-likeness (QED) is 0.492. The van der Waals surface area contributed by atoms with Gasteiger partial charge in [0.1, 0.15) is 4.90 Å². The van der Waals surface area contributed by atoms with E-state index >= 15 is 0 Å². The van der Waals surface area contributed by atoms with Crippen molar-refractivity contribution in [3.8, 4) is 0 Å². The molecule has 1 aliphatic carbocycles. The molecule has 3 fully saturated rings. The van der Waals surface area contributed by atoms with Crippen molar-refractivity contribution < 1.29 is 18.1 Å². The average molecular weight is 470 g/mol. The summed E-state index contributed by atoms with van der Waals surface area (Å²) in [6.07, 6.45) is 7.87. The number of amides is 1. The van der Waals surface area contributed by atoms with Gasteiger partial charge in [0.05, 0.1) is 9.95 Å². The Morgan fingerprint density at radius 3 is 2.42 bits per heavy atom. The third-order valence-corrected chi connectivity index (χ3v) is 9.45. The number of non-ortho nitro benzene ring substituents is 1. The maximum absolute atomic E-state index is 13.3. The molecule has 1 amide bonds. The van der Waals surface area contributed by atoms with Crippen molar-refractivity contribution in [3.63, 3.8) is 0 Å².